The lowest BCUT2D eigenvalue weighted by Crippen LogP contribution is -2.62. The number of amides is 1. The lowest BCUT2D eigenvalue weighted by molar-refractivity contribution is -0.305. The first-order valence-electron chi connectivity index (χ1n) is 11.1. The number of pyridine rings is 3. The topological polar surface area (TPSA) is 89.3 Å². The summed E-state index contributed by atoms with van der Waals surface area (Å²) in [4.78, 5) is 35.9. The number of alkyl halides is 5. The predicted molar refractivity (Wildman–Crippen MR) is 121 cm³/mol. The van der Waals surface area contributed by atoms with E-state index >= 15 is 0 Å². The summed E-state index contributed by atoms with van der Waals surface area (Å²) in [6, 6.07) is 3.15. The Morgan fingerprint density at radius 1 is 1.08 bits per heavy atom. The third kappa shape index (κ3) is 4.77. The van der Waals surface area contributed by atoms with E-state index in [1.54, 1.807) is 10.2 Å². The third-order valence-electron chi connectivity index (χ3n) is 6.00. The van der Waals surface area contributed by atoms with Gasteiger partial charge in [-0.1, -0.05) is 0 Å². The van der Waals surface area contributed by atoms with Crippen LogP contribution >= 0.6 is 0 Å². The first-order valence-corrected chi connectivity index (χ1v) is 11.1. The van der Waals surface area contributed by atoms with Crippen LogP contribution in [0.5, 0.6) is 0 Å². The van der Waals surface area contributed by atoms with Crippen LogP contribution in [0.1, 0.15) is 24.2 Å². The third-order valence-corrected chi connectivity index (χ3v) is 6.00. The number of anilines is 1. The Labute approximate surface area is 210 Å². The van der Waals surface area contributed by atoms with Crippen molar-refractivity contribution in [3.8, 4) is 5.82 Å². The summed E-state index contributed by atoms with van der Waals surface area (Å²) < 4.78 is 101. The molecule has 0 aliphatic carbocycles. The zero-order valence-corrected chi connectivity index (χ0v) is 19.9. The molecule has 0 spiro atoms. The van der Waals surface area contributed by atoms with Crippen LogP contribution in [-0.4, -0.2) is 64.4 Å². The van der Waals surface area contributed by atoms with Gasteiger partial charge in [0.2, 0.25) is 5.43 Å². The first kappa shape index (κ1) is 27.3. The minimum absolute atomic E-state index is 0.214. The number of halogens is 7. The fraction of sp³-hybridized carbons (Fsp3) is 0.391. The molecule has 204 valence electrons. The fourth-order valence-electron chi connectivity index (χ4n) is 3.85. The highest BCUT2D eigenvalue weighted by atomic mass is 19.4. The molecule has 0 atom stereocenters. The van der Waals surface area contributed by atoms with Gasteiger partial charge in [-0.2, -0.15) is 22.0 Å². The standard InChI is InChI=1S/C23H20F7N5O3/c1-21(2,22(26,27)23(28,29)30)33-20(37)14-11-35(19-15(25)9-12(24)10-31-19)18-13(17(14)36)3-4-16(32-18)34-5-7-38-8-6-34/h3-4,9-11H,5-8H2,1-2H3,(H,33,37). The molecule has 0 radical (unpaired) electrons. The van der Waals surface area contributed by atoms with E-state index in [0.717, 1.165) is 4.57 Å². The molecule has 1 aliphatic rings. The van der Waals surface area contributed by atoms with Crippen LogP contribution in [0.25, 0.3) is 16.9 Å². The van der Waals surface area contributed by atoms with Crippen molar-refractivity contribution in [2.24, 2.45) is 0 Å². The highest BCUT2D eigenvalue weighted by Crippen LogP contribution is 2.43. The van der Waals surface area contributed by atoms with Gasteiger partial charge in [0.05, 0.1) is 24.8 Å². The Morgan fingerprint density at radius 2 is 1.74 bits per heavy atom. The van der Waals surface area contributed by atoms with Gasteiger partial charge in [-0.3, -0.25) is 14.2 Å². The van der Waals surface area contributed by atoms with Crippen LogP contribution < -0.4 is 15.6 Å². The number of fused-ring (bicyclic) bond motifs is 1. The smallest absolute Gasteiger partial charge is 0.378 e. The molecule has 4 heterocycles. The SMILES string of the molecule is CC(C)(NC(=O)c1cn(-c2ncc(F)cc2F)c2nc(N3CCOCC3)ccc2c1=O)C(F)(F)C(F)(F)F. The van der Waals surface area contributed by atoms with Gasteiger partial charge in [0.1, 0.15) is 22.7 Å². The number of carbonyl (C=O) groups is 1. The molecule has 0 saturated carbocycles. The summed E-state index contributed by atoms with van der Waals surface area (Å²) in [5, 5.41) is 1.26. The molecule has 0 bridgehead atoms. The molecular weight excluding hydrogens is 527 g/mol. The number of morpholine rings is 1. The van der Waals surface area contributed by atoms with Crippen LogP contribution in [-0.2, 0) is 4.74 Å². The summed E-state index contributed by atoms with van der Waals surface area (Å²) in [6.45, 7) is 2.53. The maximum Gasteiger partial charge on any atom is 0.455 e. The van der Waals surface area contributed by atoms with Crippen molar-refractivity contribution in [1.82, 2.24) is 19.9 Å². The Morgan fingerprint density at radius 3 is 2.34 bits per heavy atom. The zero-order chi connectivity index (χ0) is 28.0. The van der Waals surface area contributed by atoms with Crippen molar-refractivity contribution in [3.63, 3.8) is 0 Å². The highest BCUT2D eigenvalue weighted by Gasteiger charge is 2.67. The predicted octanol–water partition coefficient (Wildman–Crippen LogP) is 3.60. The second-order valence-electron chi connectivity index (χ2n) is 8.99. The van der Waals surface area contributed by atoms with Crippen molar-refractivity contribution >= 4 is 22.8 Å². The normalized spacial score (nSPS) is 15.1. The summed E-state index contributed by atoms with van der Waals surface area (Å²) in [7, 11) is 0. The summed E-state index contributed by atoms with van der Waals surface area (Å²) >= 11 is 0. The second-order valence-corrected chi connectivity index (χ2v) is 8.99. The Kier molecular flexibility index (Phi) is 6.84. The highest BCUT2D eigenvalue weighted by molar-refractivity contribution is 5.97. The van der Waals surface area contributed by atoms with Gasteiger partial charge >= 0.3 is 12.1 Å². The van der Waals surface area contributed by atoms with Crippen molar-refractivity contribution in [3.05, 3.63) is 58.0 Å². The van der Waals surface area contributed by atoms with Crippen molar-refractivity contribution in [2.45, 2.75) is 31.5 Å². The molecule has 1 aliphatic heterocycles. The average molecular weight is 547 g/mol. The molecular formula is C23H20F7N5O3. The number of nitrogens with one attached hydrogen (secondary N) is 1. The lowest BCUT2D eigenvalue weighted by Gasteiger charge is -2.35. The molecule has 1 N–H and O–H groups in total. The van der Waals surface area contributed by atoms with Crippen LogP contribution in [0.3, 0.4) is 0 Å². The minimum atomic E-state index is -6.01. The number of hydrogen-bond acceptors (Lipinski definition) is 6. The van der Waals surface area contributed by atoms with Crippen LogP contribution in [0.4, 0.5) is 36.6 Å². The first-order chi connectivity index (χ1) is 17.6. The maximum absolute atomic E-state index is 14.7. The van der Waals surface area contributed by atoms with E-state index in [2.05, 4.69) is 9.97 Å². The Balaban J connectivity index is 1.89. The second kappa shape index (κ2) is 9.53. The van der Waals surface area contributed by atoms with E-state index in [9.17, 15) is 40.3 Å². The van der Waals surface area contributed by atoms with Crippen LogP contribution in [0.2, 0.25) is 0 Å². The van der Waals surface area contributed by atoms with E-state index < -0.39 is 52.0 Å². The summed E-state index contributed by atoms with van der Waals surface area (Å²) in [5.74, 6) is -9.46. The Hall–Kier alpha value is -3.75. The molecule has 4 rings (SSSR count). The van der Waals surface area contributed by atoms with Crippen molar-refractivity contribution < 1.29 is 40.3 Å². The lowest BCUT2D eigenvalue weighted by atomic mass is 9.95. The number of ether oxygens (including phenoxy) is 1. The van der Waals surface area contributed by atoms with Gasteiger partial charge in [0, 0.05) is 25.4 Å². The fourth-order valence-corrected chi connectivity index (χ4v) is 3.85. The molecule has 3 aromatic rings. The van der Waals surface area contributed by atoms with Gasteiger partial charge in [-0.15, -0.1) is 0 Å². The monoisotopic (exact) mass is 547 g/mol. The Bertz CT molecular complexity index is 1450. The number of aromatic nitrogens is 3. The average Bonchev–Trinajstić information content (AvgIpc) is 2.84. The molecule has 3 aromatic heterocycles. The van der Waals surface area contributed by atoms with Crippen LogP contribution in [0.15, 0.2) is 35.4 Å². The number of nitrogens with zero attached hydrogens (tertiary/aromatic N) is 4. The number of hydrogen-bond donors (Lipinski definition) is 1. The molecule has 38 heavy (non-hydrogen) atoms. The van der Waals surface area contributed by atoms with E-state index in [4.69, 9.17) is 4.74 Å². The van der Waals surface area contributed by atoms with Gasteiger partial charge in [0.15, 0.2) is 17.3 Å². The zero-order valence-electron chi connectivity index (χ0n) is 19.9. The van der Waals surface area contributed by atoms with Gasteiger partial charge in [-0.25, -0.2) is 18.7 Å². The molecule has 8 nitrogen and oxygen atoms in total. The largest absolute Gasteiger partial charge is 0.455 e. The van der Waals surface area contributed by atoms with E-state index in [1.807, 2.05) is 0 Å². The molecule has 15 heteroatoms. The van der Waals surface area contributed by atoms with E-state index in [0.29, 0.717) is 64.4 Å². The molecule has 0 unspecified atom stereocenters. The quantitative estimate of drug-likeness (QED) is 0.492. The van der Waals surface area contributed by atoms with Gasteiger partial charge in [0.25, 0.3) is 5.91 Å². The summed E-state index contributed by atoms with van der Waals surface area (Å²) in [6.07, 6.45) is -4.64. The van der Waals surface area contributed by atoms with Gasteiger partial charge in [-0.05, 0) is 26.0 Å². The minimum Gasteiger partial charge on any atom is -0.378 e. The summed E-state index contributed by atoms with van der Waals surface area (Å²) in [5.41, 5.74) is -5.35. The molecule has 0 aromatic carbocycles. The maximum atomic E-state index is 14.7. The molecule has 1 fully saturated rings. The van der Waals surface area contributed by atoms with Crippen LogP contribution in [0, 0.1) is 11.6 Å². The van der Waals surface area contributed by atoms with Crippen molar-refractivity contribution in [2.75, 3.05) is 31.2 Å². The number of carbonyl (C=O) groups excluding carboxylic acids is 1. The molecule has 1 saturated heterocycles. The number of rotatable bonds is 5. The van der Waals surface area contributed by atoms with E-state index in [-0.39, 0.29) is 11.0 Å². The van der Waals surface area contributed by atoms with Gasteiger partial charge < -0.3 is 15.0 Å². The molecule has 1 amide bonds. The van der Waals surface area contributed by atoms with Crippen molar-refractivity contribution in [1.29, 1.82) is 0 Å². The van der Waals surface area contributed by atoms with E-state index in [1.165, 1.54) is 12.1 Å².